The van der Waals surface area contributed by atoms with Crippen molar-refractivity contribution >= 4 is 17.0 Å². The van der Waals surface area contributed by atoms with Crippen molar-refractivity contribution in [1.82, 2.24) is 25.2 Å². The van der Waals surface area contributed by atoms with E-state index in [-0.39, 0.29) is 0 Å². The van der Waals surface area contributed by atoms with Crippen LogP contribution in [-0.4, -0.2) is 46.0 Å². The predicted octanol–water partition coefficient (Wildman–Crippen LogP) is 4.77. The molecule has 3 N–H and O–H groups in total. The van der Waals surface area contributed by atoms with Gasteiger partial charge in [0.25, 0.3) is 0 Å². The number of rotatable bonds is 8. The molecule has 5 heteroatoms. The maximum atomic E-state index is 4.87. The Kier molecular flexibility index (Phi) is 6.23. The number of aromatic amines is 2. The Balaban J connectivity index is 1.08. The van der Waals surface area contributed by atoms with Crippen LogP contribution in [0.25, 0.3) is 17.0 Å². The number of likely N-dealkylation sites (tertiary alicyclic amines) is 1. The second-order valence-corrected chi connectivity index (χ2v) is 9.14. The Bertz CT molecular complexity index is 1040. The number of aromatic nitrogens is 3. The zero-order valence-corrected chi connectivity index (χ0v) is 18.7. The molecule has 0 saturated carbocycles. The summed E-state index contributed by atoms with van der Waals surface area (Å²) in [6.45, 7) is 7.66. The van der Waals surface area contributed by atoms with Crippen LogP contribution in [0.3, 0.4) is 0 Å². The van der Waals surface area contributed by atoms with Gasteiger partial charge in [0.1, 0.15) is 5.82 Å². The highest BCUT2D eigenvalue weighted by Gasteiger charge is 2.24. The Labute approximate surface area is 185 Å². The van der Waals surface area contributed by atoms with Crippen molar-refractivity contribution in [2.75, 3.05) is 26.2 Å². The van der Waals surface area contributed by atoms with Crippen molar-refractivity contribution < 1.29 is 0 Å². The Hall–Kier alpha value is -2.37. The molecular formula is C26H35N5. The molecule has 0 amide bonds. The third-order valence-electron chi connectivity index (χ3n) is 6.89. The zero-order valence-electron chi connectivity index (χ0n) is 18.7. The van der Waals surface area contributed by atoms with Crippen LogP contribution in [0, 0.1) is 0 Å². The molecule has 1 fully saturated rings. The molecule has 3 heterocycles. The van der Waals surface area contributed by atoms with Crippen molar-refractivity contribution in [3.63, 3.8) is 0 Å². The summed E-state index contributed by atoms with van der Waals surface area (Å²) in [5.74, 6) is 1.81. The van der Waals surface area contributed by atoms with Crippen LogP contribution in [0.15, 0.2) is 30.3 Å². The van der Waals surface area contributed by atoms with Crippen LogP contribution in [-0.2, 0) is 19.4 Å². The van der Waals surface area contributed by atoms with Crippen molar-refractivity contribution in [3.8, 4) is 0 Å². The first kappa shape index (κ1) is 20.5. The Morgan fingerprint density at radius 2 is 2.10 bits per heavy atom. The van der Waals surface area contributed by atoms with Crippen LogP contribution in [0.2, 0.25) is 0 Å². The first-order valence-electron chi connectivity index (χ1n) is 12.1. The van der Waals surface area contributed by atoms with E-state index in [9.17, 15) is 0 Å². The van der Waals surface area contributed by atoms with Gasteiger partial charge in [0, 0.05) is 47.8 Å². The van der Waals surface area contributed by atoms with Crippen LogP contribution in [0.4, 0.5) is 0 Å². The number of nitrogens with zero attached hydrogens (tertiary/aromatic N) is 2. The average molecular weight is 418 g/mol. The van der Waals surface area contributed by atoms with E-state index >= 15 is 0 Å². The largest absolute Gasteiger partial charge is 0.358 e. The van der Waals surface area contributed by atoms with E-state index < -0.39 is 0 Å². The highest BCUT2D eigenvalue weighted by Crippen LogP contribution is 2.28. The molecule has 164 valence electrons. The van der Waals surface area contributed by atoms with E-state index in [1.165, 1.54) is 71.7 Å². The molecule has 1 saturated heterocycles. The number of hydrogen-bond acceptors (Lipinski definition) is 3. The van der Waals surface area contributed by atoms with E-state index in [0.717, 1.165) is 38.9 Å². The molecule has 31 heavy (non-hydrogen) atoms. The van der Waals surface area contributed by atoms with E-state index in [1.54, 1.807) is 0 Å². The zero-order chi connectivity index (χ0) is 21.0. The van der Waals surface area contributed by atoms with Gasteiger partial charge >= 0.3 is 0 Å². The molecule has 3 aromatic rings. The number of H-pyrrole nitrogens is 2. The second kappa shape index (κ2) is 9.41. The third kappa shape index (κ3) is 4.63. The number of hydrogen-bond donors (Lipinski definition) is 3. The highest BCUT2D eigenvalue weighted by atomic mass is 15.1. The fourth-order valence-electron chi connectivity index (χ4n) is 5.11. The smallest absolute Gasteiger partial charge is 0.110 e. The van der Waals surface area contributed by atoms with Gasteiger partial charge < -0.3 is 20.2 Å². The van der Waals surface area contributed by atoms with Crippen LogP contribution >= 0.6 is 0 Å². The van der Waals surface area contributed by atoms with Gasteiger partial charge in [0.15, 0.2) is 0 Å². The van der Waals surface area contributed by atoms with Crippen molar-refractivity contribution in [3.05, 3.63) is 58.8 Å². The fraction of sp³-hybridized carbons (Fsp3) is 0.500. The van der Waals surface area contributed by atoms with Gasteiger partial charge in [0.2, 0.25) is 0 Å². The van der Waals surface area contributed by atoms with E-state index in [1.807, 2.05) is 0 Å². The molecular weight excluding hydrogens is 382 g/mol. The molecule has 5 rings (SSSR count). The first-order valence-corrected chi connectivity index (χ1v) is 12.1. The van der Waals surface area contributed by atoms with E-state index in [2.05, 4.69) is 63.5 Å². The molecule has 1 aliphatic carbocycles. The van der Waals surface area contributed by atoms with Gasteiger partial charge in [-0.3, -0.25) is 0 Å². The number of allylic oxidation sites excluding steroid dienone is 1. The number of nitrogens with one attached hydrogen (secondary N) is 3. The van der Waals surface area contributed by atoms with Crippen molar-refractivity contribution in [1.29, 1.82) is 0 Å². The minimum atomic E-state index is 0.590. The quantitative estimate of drug-likeness (QED) is 0.463. The topological polar surface area (TPSA) is 59.7 Å². The average Bonchev–Trinajstić information content (AvgIpc) is 3.41. The second-order valence-electron chi connectivity index (χ2n) is 9.14. The van der Waals surface area contributed by atoms with Gasteiger partial charge in [-0.05, 0) is 69.0 Å². The van der Waals surface area contributed by atoms with Gasteiger partial charge in [0.05, 0.1) is 5.69 Å². The summed E-state index contributed by atoms with van der Waals surface area (Å²) in [7, 11) is 0. The van der Waals surface area contributed by atoms with Crippen molar-refractivity contribution in [2.24, 2.45) is 0 Å². The van der Waals surface area contributed by atoms with Crippen LogP contribution in [0.1, 0.15) is 67.0 Å². The lowest BCUT2D eigenvalue weighted by molar-refractivity contribution is 0.210. The molecule has 0 spiro atoms. The predicted molar refractivity (Wildman–Crippen MR) is 128 cm³/mol. The molecule has 1 aromatic carbocycles. The molecule has 0 unspecified atom stereocenters. The van der Waals surface area contributed by atoms with Crippen molar-refractivity contribution in [2.45, 2.75) is 57.9 Å². The number of piperidine rings is 1. The van der Waals surface area contributed by atoms with E-state index in [4.69, 9.17) is 4.98 Å². The summed E-state index contributed by atoms with van der Waals surface area (Å²) >= 11 is 0. The normalized spacial score (nSPS) is 17.5. The molecule has 0 bridgehead atoms. The number of benzene rings is 1. The molecule has 2 aromatic heterocycles. The minimum absolute atomic E-state index is 0.590. The lowest BCUT2D eigenvalue weighted by atomic mass is 9.96. The van der Waals surface area contributed by atoms with Crippen LogP contribution < -0.4 is 5.32 Å². The Morgan fingerprint density at radius 3 is 2.94 bits per heavy atom. The lowest BCUT2D eigenvalue weighted by Gasteiger charge is -2.31. The van der Waals surface area contributed by atoms with Gasteiger partial charge in [-0.1, -0.05) is 31.6 Å². The summed E-state index contributed by atoms with van der Waals surface area (Å²) in [6, 6.07) is 8.94. The Morgan fingerprint density at radius 1 is 1.19 bits per heavy atom. The van der Waals surface area contributed by atoms with E-state index in [0.29, 0.717) is 5.92 Å². The highest BCUT2D eigenvalue weighted by molar-refractivity contribution is 5.84. The van der Waals surface area contributed by atoms with Gasteiger partial charge in [-0.25, -0.2) is 4.98 Å². The molecule has 0 radical (unpaired) electrons. The molecule has 2 aliphatic rings. The third-order valence-corrected chi connectivity index (χ3v) is 6.89. The van der Waals surface area contributed by atoms with Gasteiger partial charge in [-0.15, -0.1) is 0 Å². The molecule has 5 nitrogen and oxygen atoms in total. The SMILES string of the molecule is CCCc1cc2c(CNCCN3CCC(c4nc5c([nH]4)CCC=C5)CC3)cccc2[nH]1. The summed E-state index contributed by atoms with van der Waals surface area (Å²) in [5, 5.41) is 5.05. The fourth-order valence-corrected chi connectivity index (χ4v) is 5.11. The number of aryl methyl sites for hydroxylation is 2. The number of fused-ring (bicyclic) bond motifs is 2. The first-order chi connectivity index (χ1) is 15.3. The summed E-state index contributed by atoms with van der Waals surface area (Å²) < 4.78 is 0. The monoisotopic (exact) mass is 417 g/mol. The maximum Gasteiger partial charge on any atom is 0.110 e. The van der Waals surface area contributed by atoms with Gasteiger partial charge in [-0.2, -0.15) is 0 Å². The summed E-state index contributed by atoms with van der Waals surface area (Å²) in [5.41, 5.74) is 6.52. The summed E-state index contributed by atoms with van der Waals surface area (Å²) in [6.07, 6.45) is 11.4. The maximum absolute atomic E-state index is 4.87. The minimum Gasteiger partial charge on any atom is -0.358 e. The number of imidazole rings is 1. The standard InChI is InChI=1S/C26H35N5/c1-2-6-21-17-22-20(7-5-10-23(22)28-21)18-27-13-16-31-14-11-19(12-15-31)26-29-24-8-3-4-9-25(24)30-26/h3,5,7-8,10,17,19,27-28H,2,4,6,9,11-16,18H2,1H3,(H,29,30). The summed E-state index contributed by atoms with van der Waals surface area (Å²) in [4.78, 5) is 14.7. The molecule has 1 aliphatic heterocycles. The molecule has 0 atom stereocenters. The van der Waals surface area contributed by atoms with Crippen LogP contribution in [0.5, 0.6) is 0 Å². The lowest BCUT2D eigenvalue weighted by Crippen LogP contribution is -2.37.